The van der Waals surface area contributed by atoms with E-state index in [-0.39, 0.29) is 17.7 Å². The number of fused-ring (bicyclic) bond motifs is 1. The highest BCUT2D eigenvalue weighted by Crippen LogP contribution is 2.32. The van der Waals surface area contributed by atoms with Crippen molar-refractivity contribution >= 4 is 23.2 Å². The SMILES string of the molecule is C[C@H]1CCc2sc(C(=O)NNC(=O)C3CCC3)cc2C1. The first kappa shape index (κ1) is 13.6. The molecule has 1 fully saturated rings. The molecule has 1 aromatic heterocycles. The number of amides is 2. The number of thiophene rings is 1. The van der Waals surface area contributed by atoms with Crippen molar-refractivity contribution in [2.45, 2.75) is 45.4 Å². The lowest BCUT2D eigenvalue weighted by Crippen LogP contribution is -2.45. The lowest BCUT2D eigenvalue weighted by atomic mass is 9.85. The van der Waals surface area contributed by atoms with Crippen LogP contribution in [0, 0.1) is 11.8 Å². The standard InChI is InChI=1S/C15H20N2O2S/c1-9-5-6-12-11(7-9)8-13(20-12)15(19)17-16-14(18)10-3-2-4-10/h8-10H,2-7H2,1H3,(H,16,18)(H,17,19)/t9-/m0/s1. The van der Waals surface area contributed by atoms with Gasteiger partial charge in [0.15, 0.2) is 0 Å². The first-order chi connectivity index (χ1) is 9.63. The third-order valence-corrected chi connectivity index (χ3v) is 5.56. The highest BCUT2D eigenvalue weighted by molar-refractivity contribution is 7.14. The Kier molecular flexibility index (Phi) is 3.78. The predicted molar refractivity (Wildman–Crippen MR) is 78.5 cm³/mol. The number of aryl methyl sites for hydroxylation is 1. The lowest BCUT2D eigenvalue weighted by molar-refractivity contribution is -0.128. The normalized spacial score (nSPS) is 21.8. The summed E-state index contributed by atoms with van der Waals surface area (Å²) in [6, 6.07) is 1.99. The molecular weight excluding hydrogens is 272 g/mol. The third-order valence-electron chi connectivity index (χ3n) is 4.33. The summed E-state index contributed by atoms with van der Waals surface area (Å²) >= 11 is 1.56. The highest BCUT2D eigenvalue weighted by atomic mass is 32.1. The zero-order chi connectivity index (χ0) is 14.1. The molecule has 5 heteroatoms. The maximum Gasteiger partial charge on any atom is 0.279 e. The first-order valence-electron chi connectivity index (χ1n) is 7.35. The van der Waals surface area contributed by atoms with Crippen LogP contribution in [0.3, 0.4) is 0 Å². The fourth-order valence-corrected chi connectivity index (χ4v) is 3.87. The van der Waals surface area contributed by atoms with Crippen LogP contribution in [-0.2, 0) is 17.6 Å². The van der Waals surface area contributed by atoms with E-state index < -0.39 is 0 Å². The van der Waals surface area contributed by atoms with Gasteiger partial charge in [-0.3, -0.25) is 20.4 Å². The van der Waals surface area contributed by atoms with Gasteiger partial charge in [-0.2, -0.15) is 0 Å². The number of hydrazine groups is 1. The Bertz CT molecular complexity index is 534. The second-order valence-electron chi connectivity index (χ2n) is 5.98. The van der Waals surface area contributed by atoms with E-state index in [0.29, 0.717) is 10.8 Å². The van der Waals surface area contributed by atoms with E-state index in [1.165, 1.54) is 16.9 Å². The summed E-state index contributed by atoms with van der Waals surface area (Å²) in [6.07, 6.45) is 6.32. The number of carbonyl (C=O) groups is 2. The smallest absolute Gasteiger partial charge is 0.273 e. The van der Waals surface area contributed by atoms with Crippen molar-refractivity contribution in [2.75, 3.05) is 0 Å². The van der Waals surface area contributed by atoms with Crippen LogP contribution in [-0.4, -0.2) is 11.8 Å². The Hall–Kier alpha value is -1.36. The first-order valence-corrected chi connectivity index (χ1v) is 8.17. The van der Waals surface area contributed by atoms with Gasteiger partial charge in [0.2, 0.25) is 5.91 Å². The molecule has 2 aliphatic rings. The molecule has 108 valence electrons. The largest absolute Gasteiger partial charge is 0.279 e. The Morgan fingerprint density at radius 3 is 2.75 bits per heavy atom. The van der Waals surface area contributed by atoms with Gasteiger partial charge in [-0.25, -0.2) is 0 Å². The molecule has 0 bridgehead atoms. The molecule has 20 heavy (non-hydrogen) atoms. The average Bonchev–Trinajstić information content (AvgIpc) is 2.76. The molecule has 2 amide bonds. The van der Waals surface area contributed by atoms with E-state index in [9.17, 15) is 9.59 Å². The predicted octanol–water partition coefficient (Wildman–Crippen LogP) is 2.43. The second kappa shape index (κ2) is 5.56. The molecule has 0 saturated heterocycles. The van der Waals surface area contributed by atoms with Gasteiger partial charge in [-0.15, -0.1) is 11.3 Å². The Balaban J connectivity index is 1.58. The molecule has 1 heterocycles. The van der Waals surface area contributed by atoms with Crippen LogP contribution in [0.1, 0.15) is 52.7 Å². The van der Waals surface area contributed by atoms with Gasteiger partial charge < -0.3 is 0 Å². The Morgan fingerprint density at radius 2 is 2.05 bits per heavy atom. The number of carbonyl (C=O) groups excluding carboxylic acids is 2. The molecule has 0 unspecified atom stereocenters. The van der Waals surface area contributed by atoms with Crippen molar-refractivity contribution in [1.82, 2.24) is 10.9 Å². The van der Waals surface area contributed by atoms with Crippen molar-refractivity contribution in [3.8, 4) is 0 Å². The minimum Gasteiger partial charge on any atom is -0.273 e. The quantitative estimate of drug-likeness (QED) is 0.823. The van der Waals surface area contributed by atoms with E-state index in [1.54, 1.807) is 11.3 Å². The molecule has 0 spiro atoms. The number of hydrogen-bond acceptors (Lipinski definition) is 3. The summed E-state index contributed by atoms with van der Waals surface area (Å²) < 4.78 is 0. The van der Waals surface area contributed by atoms with Crippen molar-refractivity contribution in [3.63, 3.8) is 0 Å². The molecule has 0 radical (unpaired) electrons. The van der Waals surface area contributed by atoms with Gasteiger partial charge in [0.1, 0.15) is 0 Å². The molecule has 4 nitrogen and oxygen atoms in total. The van der Waals surface area contributed by atoms with Gasteiger partial charge in [0.25, 0.3) is 5.91 Å². The third kappa shape index (κ3) is 2.73. The van der Waals surface area contributed by atoms with Crippen LogP contribution >= 0.6 is 11.3 Å². The number of hydrogen-bond donors (Lipinski definition) is 2. The molecule has 1 saturated carbocycles. The summed E-state index contributed by atoms with van der Waals surface area (Å²) in [6.45, 7) is 2.25. The fraction of sp³-hybridized carbons (Fsp3) is 0.600. The van der Waals surface area contributed by atoms with E-state index in [0.717, 1.165) is 32.1 Å². The van der Waals surface area contributed by atoms with Crippen LogP contribution in [0.2, 0.25) is 0 Å². The maximum absolute atomic E-state index is 12.1. The van der Waals surface area contributed by atoms with Crippen LogP contribution in [0.25, 0.3) is 0 Å². The second-order valence-corrected chi connectivity index (χ2v) is 7.11. The van der Waals surface area contributed by atoms with E-state index in [2.05, 4.69) is 17.8 Å². The highest BCUT2D eigenvalue weighted by Gasteiger charge is 2.26. The van der Waals surface area contributed by atoms with E-state index in [4.69, 9.17) is 0 Å². The van der Waals surface area contributed by atoms with Crippen LogP contribution < -0.4 is 10.9 Å². The minimum absolute atomic E-state index is 0.0560. The van der Waals surface area contributed by atoms with Gasteiger partial charge in [0.05, 0.1) is 4.88 Å². The van der Waals surface area contributed by atoms with E-state index in [1.807, 2.05) is 6.07 Å². The summed E-state index contributed by atoms with van der Waals surface area (Å²) in [5.41, 5.74) is 6.39. The van der Waals surface area contributed by atoms with Gasteiger partial charge in [-0.05, 0) is 49.7 Å². The molecule has 2 aliphatic carbocycles. The van der Waals surface area contributed by atoms with Crippen LogP contribution in [0.15, 0.2) is 6.07 Å². The number of nitrogens with one attached hydrogen (secondary N) is 2. The van der Waals surface area contributed by atoms with Crippen LogP contribution in [0.5, 0.6) is 0 Å². The molecule has 0 aromatic carbocycles. The average molecular weight is 292 g/mol. The maximum atomic E-state index is 12.1. The molecule has 0 aliphatic heterocycles. The molecule has 3 rings (SSSR count). The molecule has 1 aromatic rings. The van der Waals surface area contributed by atoms with Gasteiger partial charge in [0, 0.05) is 10.8 Å². The summed E-state index contributed by atoms with van der Waals surface area (Å²) in [5, 5.41) is 0. The van der Waals surface area contributed by atoms with E-state index >= 15 is 0 Å². The Morgan fingerprint density at radius 1 is 1.25 bits per heavy atom. The molecule has 1 atom stereocenters. The van der Waals surface area contributed by atoms with Crippen LogP contribution in [0.4, 0.5) is 0 Å². The topological polar surface area (TPSA) is 58.2 Å². The molecule has 2 N–H and O–H groups in total. The summed E-state index contributed by atoms with van der Waals surface area (Å²) in [4.78, 5) is 25.8. The number of rotatable bonds is 2. The summed E-state index contributed by atoms with van der Waals surface area (Å²) in [7, 11) is 0. The van der Waals surface area contributed by atoms with Gasteiger partial charge in [-0.1, -0.05) is 13.3 Å². The van der Waals surface area contributed by atoms with Crippen molar-refractivity contribution in [1.29, 1.82) is 0 Å². The van der Waals surface area contributed by atoms with Crippen molar-refractivity contribution < 1.29 is 9.59 Å². The Labute approximate surface area is 122 Å². The monoisotopic (exact) mass is 292 g/mol. The lowest BCUT2D eigenvalue weighted by Gasteiger charge is -2.23. The zero-order valence-corrected chi connectivity index (χ0v) is 12.5. The zero-order valence-electron chi connectivity index (χ0n) is 11.7. The van der Waals surface area contributed by atoms with Crippen molar-refractivity contribution in [3.05, 3.63) is 21.4 Å². The van der Waals surface area contributed by atoms with Crippen molar-refractivity contribution in [2.24, 2.45) is 11.8 Å². The fourth-order valence-electron chi connectivity index (χ4n) is 2.77. The summed E-state index contributed by atoms with van der Waals surface area (Å²) in [5.74, 6) is 0.545. The molecular formula is C15H20N2O2S. The minimum atomic E-state index is -0.190. The van der Waals surface area contributed by atoms with Gasteiger partial charge >= 0.3 is 0 Å².